The molecule has 1 saturated heterocycles. The van der Waals surface area contributed by atoms with Gasteiger partial charge in [-0.25, -0.2) is 0 Å². The van der Waals surface area contributed by atoms with Crippen molar-refractivity contribution in [3.8, 4) is 5.75 Å². The molecule has 0 unspecified atom stereocenters. The van der Waals surface area contributed by atoms with Gasteiger partial charge in [0.1, 0.15) is 5.75 Å². The second-order valence-corrected chi connectivity index (χ2v) is 6.29. The minimum Gasteiger partial charge on any atom is -0.484 e. The molecule has 26 heavy (non-hydrogen) atoms. The summed E-state index contributed by atoms with van der Waals surface area (Å²) in [4.78, 5) is 25.6. The SMILES string of the molecule is NC(=O)c1ccc(OCC(=O)Nc2ccccc2N2CCCCC2)cc1. The first-order valence-electron chi connectivity index (χ1n) is 8.80. The molecule has 3 rings (SSSR count). The molecule has 0 aliphatic carbocycles. The minimum absolute atomic E-state index is 0.107. The molecule has 2 amide bonds. The lowest BCUT2D eigenvalue weighted by Gasteiger charge is -2.30. The van der Waals surface area contributed by atoms with E-state index in [1.165, 1.54) is 19.3 Å². The number of carbonyl (C=O) groups is 2. The lowest BCUT2D eigenvalue weighted by Crippen LogP contribution is -2.30. The van der Waals surface area contributed by atoms with E-state index in [1.54, 1.807) is 24.3 Å². The highest BCUT2D eigenvalue weighted by Crippen LogP contribution is 2.28. The molecule has 1 aliphatic rings. The number of carbonyl (C=O) groups excluding carboxylic acids is 2. The molecule has 0 bridgehead atoms. The standard InChI is InChI=1S/C20H23N3O3/c21-20(25)15-8-10-16(11-9-15)26-14-19(24)22-17-6-2-3-7-18(17)23-12-4-1-5-13-23/h2-3,6-11H,1,4-5,12-14H2,(H2,21,25)(H,22,24). The smallest absolute Gasteiger partial charge is 0.262 e. The van der Waals surface area contributed by atoms with Gasteiger partial charge in [-0.1, -0.05) is 12.1 Å². The topological polar surface area (TPSA) is 84.7 Å². The number of primary amides is 1. The number of piperidine rings is 1. The van der Waals surface area contributed by atoms with Crippen LogP contribution in [0.5, 0.6) is 5.75 Å². The van der Waals surface area contributed by atoms with Crippen molar-refractivity contribution in [3.05, 3.63) is 54.1 Å². The van der Waals surface area contributed by atoms with Gasteiger partial charge in [-0.15, -0.1) is 0 Å². The molecule has 2 aromatic rings. The van der Waals surface area contributed by atoms with Crippen LogP contribution in [0.1, 0.15) is 29.6 Å². The first-order valence-corrected chi connectivity index (χ1v) is 8.80. The van der Waals surface area contributed by atoms with Crippen LogP contribution in [0, 0.1) is 0 Å². The van der Waals surface area contributed by atoms with Crippen LogP contribution < -0.4 is 20.7 Å². The van der Waals surface area contributed by atoms with E-state index in [2.05, 4.69) is 10.2 Å². The summed E-state index contributed by atoms with van der Waals surface area (Å²) in [5.74, 6) is -0.216. The number of hydrogen-bond acceptors (Lipinski definition) is 4. The molecule has 0 radical (unpaired) electrons. The third kappa shape index (κ3) is 4.53. The molecule has 6 heteroatoms. The first-order chi connectivity index (χ1) is 12.6. The Morgan fingerprint density at radius 1 is 1.00 bits per heavy atom. The molecule has 0 aromatic heterocycles. The summed E-state index contributed by atoms with van der Waals surface area (Å²) in [5.41, 5.74) is 7.45. The van der Waals surface area contributed by atoms with E-state index < -0.39 is 5.91 Å². The van der Waals surface area contributed by atoms with Gasteiger partial charge in [0.25, 0.3) is 5.91 Å². The Bertz CT molecular complexity index is 768. The van der Waals surface area contributed by atoms with Gasteiger partial charge in [0.15, 0.2) is 6.61 Å². The summed E-state index contributed by atoms with van der Waals surface area (Å²) in [6.07, 6.45) is 3.60. The van der Waals surface area contributed by atoms with Crippen LogP contribution in [0.15, 0.2) is 48.5 Å². The van der Waals surface area contributed by atoms with Gasteiger partial charge in [-0.05, 0) is 55.7 Å². The number of amides is 2. The summed E-state index contributed by atoms with van der Waals surface area (Å²) in [7, 11) is 0. The van der Waals surface area contributed by atoms with Crippen molar-refractivity contribution in [1.29, 1.82) is 0 Å². The van der Waals surface area contributed by atoms with Crippen molar-refractivity contribution in [2.45, 2.75) is 19.3 Å². The van der Waals surface area contributed by atoms with Gasteiger partial charge in [0, 0.05) is 18.7 Å². The largest absolute Gasteiger partial charge is 0.484 e. The number of para-hydroxylation sites is 2. The fourth-order valence-corrected chi connectivity index (χ4v) is 3.04. The molecule has 136 valence electrons. The van der Waals surface area contributed by atoms with Crippen LogP contribution in [0.2, 0.25) is 0 Å². The average Bonchev–Trinajstić information content (AvgIpc) is 2.68. The summed E-state index contributed by atoms with van der Waals surface area (Å²) < 4.78 is 5.48. The maximum Gasteiger partial charge on any atom is 0.262 e. The van der Waals surface area contributed by atoms with Crippen LogP contribution in [0.25, 0.3) is 0 Å². The van der Waals surface area contributed by atoms with Crippen LogP contribution in [-0.2, 0) is 4.79 Å². The van der Waals surface area contributed by atoms with E-state index in [1.807, 2.05) is 24.3 Å². The van der Waals surface area contributed by atoms with Crippen molar-refractivity contribution >= 4 is 23.2 Å². The molecule has 0 spiro atoms. The summed E-state index contributed by atoms with van der Waals surface area (Å²) in [6, 6.07) is 14.2. The van der Waals surface area contributed by atoms with Gasteiger partial charge < -0.3 is 20.7 Å². The highest BCUT2D eigenvalue weighted by atomic mass is 16.5. The molecule has 0 atom stereocenters. The zero-order valence-corrected chi connectivity index (χ0v) is 14.6. The van der Waals surface area contributed by atoms with Gasteiger partial charge in [-0.3, -0.25) is 9.59 Å². The lowest BCUT2D eigenvalue weighted by molar-refractivity contribution is -0.118. The third-order valence-corrected chi connectivity index (χ3v) is 4.38. The van der Waals surface area contributed by atoms with Crippen molar-refractivity contribution in [1.82, 2.24) is 0 Å². The third-order valence-electron chi connectivity index (χ3n) is 4.38. The van der Waals surface area contributed by atoms with E-state index >= 15 is 0 Å². The van der Waals surface area contributed by atoms with Crippen molar-refractivity contribution in [3.63, 3.8) is 0 Å². The quantitative estimate of drug-likeness (QED) is 0.836. The van der Waals surface area contributed by atoms with Crippen LogP contribution in [0.3, 0.4) is 0 Å². The van der Waals surface area contributed by atoms with Crippen molar-refractivity contribution in [2.75, 3.05) is 29.9 Å². The van der Waals surface area contributed by atoms with E-state index in [0.29, 0.717) is 11.3 Å². The summed E-state index contributed by atoms with van der Waals surface area (Å²) in [5, 5.41) is 2.93. The van der Waals surface area contributed by atoms with Gasteiger partial charge >= 0.3 is 0 Å². The van der Waals surface area contributed by atoms with Crippen LogP contribution in [0.4, 0.5) is 11.4 Å². The molecule has 1 fully saturated rings. The van der Waals surface area contributed by atoms with Crippen LogP contribution in [-0.4, -0.2) is 31.5 Å². The Kier molecular flexibility index (Phi) is 5.73. The maximum atomic E-state index is 12.3. The molecular weight excluding hydrogens is 330 g/mol. The minimum atomic E-state index is -0.497. The zero-order chi connectivity index (χ0) is 18.4. The highest BCUT2D eigenvalue weighted by molar-refractivity contribution is 5.95. The average molecular weight is 353 g/mol. The van der Waals surface area contributed by atoms with Crippen molar-refractivity contribution in [2.24, 2.45) is 5.73 Å². The van der Waals surface area contributed by atoms with Crippen molar-refractivity contribution < 1.29 is 14.3 Å². The number of rotatable bonds is 6. The molecule has 1 aliphatic heterocycles. The second kappa shape index (κ2) is 8.38. The van der Waals surface area contributed by atoms with Gasteiger partial charge in [-0.2, -0.15) is 0 Å². The summed E-state index contributed by atoms with van der Waals surface area (Å²) >= 11 is 0. The molecule has 2 aromatic carbocycles. The number of anilines is 2. The number of ether oxygens (including phenoxy) is 1. The van der Waals surface area contributed by atoms with E-state index in [-0.39, 0.29) is 12.5 Å². The van der Waals surface area contributed by atoms with E-state index in [9.17, 15) is 9.59 Å². The van der Waals surface area contributed by atoms with Gasteiger partial charge in [0.2, 0.25) is 5.91 Å². The Morgan fingerprint density at radius 3 is 2.38 bits per heavy atom. The molecule has 0 saturated carbocycles. The number of nitrogens with zero attached hydrogens (tertiary/aromatic N) is 1. The predicted molar refractivity (Wildman–Crippen MR) is 102 cm³/mol. The molecule has 3 N–H and O–H groups in total. The molecule has 1 heterocycles. The monoisotopic (exact) mass is 353 g/mol. The van der Waals surface area contributed by atoms with Gasteiger partial charge in [0.05, 0.1) is 11.4 Å². The fourth-order valence-electron chi connectivity index (χ4n) is 3.04. The zero-order valence-electron chi connectivity index (χ0n) is 14.6. The van der Waals surface area contributed by atoms with E-state index in [0.717, 1.165) is 24.5 Å². The molecule has 6 nitrogen and oxygen atoms in total. The predicted octanol–water partition coefficient (Wildman–Crippen LogP) is 2.79. The Balaban J connectivity index is 1.59. The Morgan fingerprint density at radius 2 is 1.69 bits per heavy atom. The number of benzene rings is 2. The van der Waals surface area contributed by atoms with E-state index in [4.69, 9.17) is 10.5 Å². The highest BCUT2D eigenvalue weighted by Gasteiger charge is 2.15. The Labute approximate surface area is 152 Å². The second-order valence-electron chi connectivity index (χ2n) is 6.29. The number of hydrogen-bond donors (Lipinski definition) is 2. The normalized spacial score (nSPS) is 13.9. The Hall–Kier alpha value is -3.02. The number of nitrogens with two attached hydrogens (primary N) is 1. The summed E-state index contributed by atoms with van der Waals surface area (Å²) in [6.45, 7) is 1.91. The van der Waals surface area contributed by atoms with Crippen LogP contribution >= 0.6 is 0 Å². The molecular formula is C20H23N3O3. The number of nitrogens with one attached hydrogen (secondary N) is 1. The first kappa shape index (κ1) is 17.8. The fraction of sp³-hybridized carbons (Fsp3) is 0.300. The maximum absolute atomic E-state index is 12.3. The lowest BCUT2D eigenvalue weighted by atomic mass is 10.1.